The first kappa shape index (κ1) is 16.3. The van der Waals surface area contributed by atoms with E-state index in [0.29, 0.717) is 5.92 Å². The Morgan fingerprint density at radius 1 is 1.25 bits per heavy atom. The quantitative estimate of drug-likeness (QED) is 0.585. The van der Waals surface area contributed by atoms with Gasteiger partial charge in [-0.1, -0.05) is 26.2 Å². The Morgan fingerprint density at radius 2 is 1.95 bits per heavy atom. The molecule has 0 bridgehead atoms. The van der Waals surface area contributed by atoms with Crippen LogP contribution in [0.4, 0.5) is 4.79 Å². The van der Waals surface area contributed by atoms with E-state index in [1.807, 2.05) is 0 Å². The molecule has 0 aromatic rings. The van der Waals surface area contributed by atoms with Crippen LogP contribution >= 0.6 is 0 Å². The Labute approximate surface area is 117 Å². The van der Waals surface area contributed by atoms with Gasteiger partial charge in [-0.3, -0.25) is 4.79 Å². The summed E-state index contributed by atoms with van der Waals surface area (Å²) in [4.78, 5) is 33.1. The second-order valence-corrected chi connectivity index (χ2v) is 5.24. The number of nitrogens with one attached hydrogen (secondary N) is 2. The first-order chi connectivity index (χ1) is 9.42. The molecule has 1 saturated carbocycles. The van der Waals surface area contributed by atoms with Crippen LogP contribution in [-0.4, -0.2) is 40.3 Å². The van der Waals surface area contributed by atoms with Gasteiger partial charge in [0.15, 0.2) is 0 Å². The van der Waals surface area contributed by atoms with Gasteiger partial charge < -0.3 is 20.8 Å². The third-order valence-corrected chi connectivity index (χ3v) is 3.68. The van der Waals surface area contributed by atoms with Crippen LogP contribution in [0, 0.1) is 5.92 Å². The zero-order chi connectivity index (χ0) is 15.1. The molecule has 4 N–H and O–H groups in total. The SMILES string of the molecule is CCC1CCCC(NC(=O)N[C@@H](CC(=O)O)C(=O)O)C1. The predicted octanol–water partition coefficient (Wildman–Crippen LogP) is 1.18. The van der Waals surface area contributed by atoms with Gasteiger partial charge in [0.25, 0.3) is 0 Å². The lowest BCUT2D eigenvalue weighted by atomic mass is 9.84. The van der Waals surface area contributed by atoms with Crippen LogP contribution in [0.25, 0.3) is 0 Å². The molecule has 1 rings (SSSR count). The van der Waals surface area contributed by atoms with Crippen molar-refractivity contribution < 1.29 is 24.6 Å². The summed E-state index contributed by atoms with van der Waals surface area (Å²) < 4.78 is 0. The third-order valence-electron chi connectivity index (χ3n) is 3.68. The molecule has 0 heterocycles. The Kier molecular flexibility index (Phi) is 6.27. The lowest BCUT2D eigenvalue weighted by Gasteiger charge is -2.29. The number of carboxylic acid groups (broad SMARTS) is 2. The highest BCUT2D eigenvalue weighted by molar-refractivity contribution is 5.86. The summed E-state index contributed by atoms with van der Waals surface area (Å²) in [5, 5.41) is 22.4. The van der Waals surface area contributed by atoms with Gasteiger partial charge in [-0.15, -0.1) is 0 Å². The molecule has 1 fully saturated rings. The van der Waals surface area contributed by atoms with Crippen molar-refractivity contribution in [3.8, 4) is 0 Å². The minimum atomic E-state index is -1.40. The fourth-order valence-corrected chi connectivity index (χ4v) is 2.55. The summed E-state index contributed by atoms with van der Waals surface area (Å²) in [6, 6.07) is -1.98. The molecular formula is C13H22N2O5. The molecule has 0 aromatic heterocycles. The third kappa shape index (κ3) is 5.46. The van der Waals surface area contributed by atoms with Crippen LogP contribution in [0.5, 0.6) is 0 Å². The molecule has 2 amide bonds. The lowest BCUT2D eigenvalue weighted by molar-refractivity contribution is -0.145. The summed E-state index contributed by atoms with van der Waals surface area (Å²) >= 11 is 0. The Morgan fingerprint density at radius 3 is 2.50 bits per heavy atom. The number of carbonyl (C=O) groups is 3. The number of aliphatic carboxylic acids is 2. The summed E-state index contributed by atoms with van der Waals surface area (Å²) in [5.41, 5.74) is 0. The molecule has 7 heteroatoms. The maximum atomic E-state index is 11.7. The highest BCUT2D eigenvalue weighted by Crippen LogP contribution is 2.26. The van der Waals surface area contributed by atoms with Gasteiger partial charge in [0, 0.05) is 6.04 Å². The van der Waals surface area contributed by atoms with Crippen molar-refractivity contribution in [3.05, 3.63) is 0 Å². The molecule has 114 valence electrons. The molecule has 2 unspecified atom stereocenters. The standard InChI is InChI=1S/C13H22N2O5/c1-2-8-4-3-5-9(6-8)14-13(20)15-10(12(18)19)7-11(16)17/h8-10H,2-7H2,1H3,(H,16,17)(H,18,19)(H2,14,15,20)/t8?,9?,10-/m0/s1. The van der Waals surface area contributed by atoms with Gasteiger partial charge in [-0.05, 0) is 18.8 Å². The molecule has 20 heavy (non-hydrogen) atoms. The number of rotatable bonds is 6. The highest BCUT2D eigenvalue weighted by Gasteiger charge is 2.26. The number of urea groups is 1. The van der Waals surface area contributed by atoms with E-state index >= 15 is 0 Å². The zero-order valence-electron chi connectivity index (χ0n) is 11.6. The van der Waals surface area contributed by atoms with E-state index in [1.165, 1.54) is 0 Å². The Hall–Kier alpha value is -1.79. The van der Waals surface area contributed by atoms with Crippen molar-refractivity contribution in [1.29, 1.82) is 0 Å². The first-order valence-electron chi connectivity index (χ1n) is 6.94. The number of carbonyl (C=O) groups excluding carboxylic acids is 1. The van der Waals surface area contributed by atoms with Gasteiger partial charge in [0.1, 0.15) is 6.04 Å². The van der Waals surface area contributed by atoms with Crippen molar-refractivity contribution >= 4 is 18.0 Å². The maximum absolute atomic E-state index is 11.7. The molecule has 0 spiro atoms. The predicted molar refractivity (Wildman–Crippen MR) is 71.4 cm³/mol. The number of hydrogen-bond acceptors (Lipinski definition) is 3. The van der Waals surface area contributed by atoms with E-state index in [1.54, 1.807) is 0 Å². The van der Waals surface area contributed by atoms with E-state index in [9.17, 15) is 14.4 Å². The van der Waals surface area contributed by atoms with E-state index in [2.05, 4.69) is 17.6 Å². The van der Waals surface area contributed by atoms with Crippen LogP contribution in [0.1, 0.15) is 45.4 Å². The largest absolute Gasteiger partial charge is 0.481 e. The summed E-state index contributed by atoms with van der Waals surface area (Å²) in [6.07, 6.45) is 4.40. The van der Waals surface area contributed by atoms with E-state index < -0.39 is 30.4 Å². The van der Waals surface area contributed by atoms with Gasteiger partial charge in [0.05, 0.1) is 6.42 Å². The topological polar surface area (TPSA) is 116 Å². The molecule has 1 aliphatic carbocycles. The van der Waals surface area contributed by atoms with Crippen molar-refractivity contribution in [1.82, 2.24) is 10.6 Å². The van der Waals surface area contributed by atoms with Gasteiger partial charge in [-0.2, -0.15) is 0 Å². The van der Waals surface area contributed by atoms with Crippen molar-refractivity contribution in [3.63, 3.8) is 0 Å². The van der Waals surface area contributed by atoms with Gasteiger partial charge in [-0.25, -0.2) is 9.59 Å². The smallest absolute Gasteiger partial charge is 0.326 e. The minimum Gasteiger partial charge on any atom is -0.481 e. The van der Waals surface area contributed by atoms with Gasteiger partial charge in [0.2, 0.25) is 0 Å². The molecule has 0 aliphatic heterocycles. The fourth-order valence-electron chi connectivity index (χ4n) is 2.55. The molecule has 3 atom stereocenters. The van der Waals surface area contributed by atoms with Crippen LogP contribution < -0.4 is 10.6 Å². The second-order valence-electron chi connectivity index (χ2n) is 5.24. The molecule has 7 nitrogen and oxygen atoms in total. The molecule has 0 aromatic carbocycles. The Balaban J connectivity index is 2.44. The van der Waals surface area contributed by atoms with Crippen LogP contribution in [0.2, 0.25) is 0 Å². The zero-order valence-corrected chi connectivity index (χ0v) is 11.6. The first-order valence-corrected chi connectivity index (χ1v) is 6.94. The normalized spacial score (nSPS) is 23.6. The average Bonchev–Trinajstić information content (AvgIpc) is 2.37. The summed E-state index contributed by atoms with van der Waals surface area (Å²) in [6.45, 7) is 2.11. The molecular weight excluding hydrogens is 264 g/mol. The maximum Gasteiger partial charge on any atom is 0.326 e. The van der Waals surface area contributed by atoms with Crippen LogP contribution in [0.3, 0.4) is 0 Å². The van der Waals surface area contributed by atoms with Crippen LogP contribution in [0.15, 0.2) is 0 Å². The molecule has 0 radical (unpaired) electrons. The summed E-state index contributed by atoms with van der Waals surface area (Å²) in [7, 11) is 0. The highest BCUT2D eigenvalue weighted by atomic mass is 16.4. The van der Waals surface area contributed by atoms with E-state index in [-0.39, 0.29) is 6.04 Å². The number of hydrogen-bond donors (Lipinski definition) is 4. The number of amides is 2. The Bertz CT molecular complexity index is 372. The monoisotopic (exact) mass is 286 g/mol. The second kappa shape index (κ2) is 7.72. The summed E-state index contributed by atoms with van der Waals surface area (Å²) in [5.74, 6) is -2.03. The van der Waals surface area contributed by atoms with Crippen molar-refractivity contribution in [2.45, 2.75) is 57.5 Å². The number of carboxylic acids is 2. The minimum absolute atomic E-state index is 0.0352. The van der Waals surface area contributed by atoms with Crippen LogP contribution in [-0.2, 0) is 9.59 Å². The van der Waals surface area contributed by atoms with E-state index in [4.69, 9.17) is 10.2 Å². The van der Waals surface area contributed by atoms with Crippen molar-refractivity contribution in [2.75, 3.05) is 0 Å². The lowest BCUT2D eigenvalue weighted by Crippen LogP contribution is -2.50. The molecule has 0 saturated heterocycles. The average molecular weight is 286 g/mol. The molecule has 1 aliphatic rings. The van der Waals surface area contributed by atoms with Crippen molar-refractivity contribution in [2.24, 2.45) is 5.92 Å². The van der Waals surface area contributed by atoms with E-state index in [0.717, 1.165) is 32.1 Å². The van der Waals surface area contributed by atoms with Gasteiger partial charge >= 0.3 is 18.0 Å². The fraction of sp³-hybridized carbons (Fsp3) is 0.769.